The monoisotopic (exact) mass is 252 g/mol. The van der Waals surface area contributed by atoms with Crippen molar-refractivity contribution in [3.63, 3.8) is 0 Å². The Bertz CT molecular complexity index is 405. The molecule has 3 heteroatoms. The smallest absolute Gasteiger partial charge is 0.132 e. The maximum Gasteiger partial charge on any atom is 0.132 e. The standard InChI is InChI=1S/C15H21FO2/c1-10-4-3-5-11(8-10)15(17)13-7-6-12(18-2)9-14(13)16/h6-7,9-11,15,17H,3-5,8H2,1-2H3. The molecule has 0 amide bonds. The van der Waals surface area contributed by atoms with Crippen LogP contribution in [0, 0.1) is 17.7 Å². The molecule has 1 aromatic rings. The number of benzene rings is 1. The van der Waals surface area contributed by atoms with Crippen molar-refractivity contribution in [1.29, 1.82) is 0 Å². The third-order valence-corrected chi connectivity index (χ3v) is 3.95. The summed E-state index contributed by atoms with van der Waals surface area (Å²) in [7, 11) is 1.51. The van der Waals surface area contributed by atoms with Crippen molar-refractivity contribution in [2.45, 2.75) is 38.7 Å². The highest BCUT2D eigenvalue weighted by Crippen LogP contribution is 2.38. The molecule has 1 aliphatic carbocycles. The molecule has 0 aliphatic heterocycles. The predicted molar refractivity (Wildman–Crippen MR) is 69.0 cm³/mol. The lowest BCUT2D eigenvalue weighted by atomic mass is 9.78. The van der Waals surface area contributed by atoms with Gasteiger partial charge in [0.15, 0.2) is 0 Å². The first-order valence-corrected chi connectivity index (χ1v) is 6.63. The van der Waals surface area contributed by atoms with Crippen LogP contribution in [0.1, 0.15) is 44.3 Å². The Morgan fingerprint density at radius 2 is 2.17 bits per heavy atom. The fraction of sp³-hybridized carbons (Fsp3) is 0.600. The molecular formula is C15H21FO2. The van der Waals surface area contributed by atoms with Gasteiger partial charge in [-0.15, -0.1) is 0 Å². The zero-order valence-electron chi connectivity index (χ0n) is 11.0. The van der Waals surface area contributed by atoms with Crippen molar-refractivity contribution in [2.24, 2.45) is 11.8 Å². The molecule has 18 heavy (non-hydrogen) atoms. The molecular weight excluding hydrogens is 231 g/mol. The molecule has 1 aromatic carbocycles. The van der Waals surface area contributed by atoms with Crippen LogP contribution in [-0.2, 0) is 0 Å². The molecule has 1 fully saturated rings. The number of hydrogen-bond acceptors (Lipinski definition) is 2. The molecule has 0 radical (unpaired) electrons. The first kappa shape index (κ1) is 13.3. The van der Waals surface area contributed by atoms with Crippen LogP contribution < -0.4 is 4.74 Å². The summed E-state index contributed by atoms with van der Waals surface area (Å²) in [5.41, 5.74) is 0.398. The van der Waals surface area contributed by atoms with E-state index in [2.05, 4.69) is 6.92 Å². The molecule has 3 atom stereocenters. The lowest BCUT2D eigenvalue weighted by Crippen LogP contribution is -2.21. The number of methoxy groups -OCH3 is 1. The fourth-order valence-electron chi connectivity index (χ4n) is 2.90. The number of aliphatic hydroxyl groups excluding tert-OH is 1. The van der Waals surface area contributed by atoms with E-state index in [1.807, 2.05) is 0 Å². The van der Waals surface area contributed by atoms with Gasteiger partial charge in [-0.3, -0.25) is 0 Å². The van der Waals surface area contributed by atoms with Crippen LogP contribution in [-0.4, -0.2) is 12.2 Å². The zero-order chi connectivity index (χ0) is 13.1. The number of ether oxygens (including phenoxy) is 1. The largest absolute Gasteiger partial charge is 0.497 e. The topological polar surface area (TPSA) is 29.5 Å². The minimum absolute atomic E-state index is 0.177. The van der Waals surface area contributed by atoms with E-state index in [1.165, 1.54) is 19.6 Å². The number of aliphatic hydroxyl groups is 1. The van der Waals surface area contributed by atoms with Gasteiger partial charge < -0.3 is 9.84 Å². The highest BCUT2D eigenvalue weighted by Gasteiger charge is 2.28. The van der Waals surface area contributed by atoms with Gasteiger partial charge in [-0.1, -0.05) is 19.8 Å². The van der Waals surface area contributed by atoms with Crippen LogP contribution in [0.3, 0.4) is 0 Å². The zero-order valence-corrected chi connectivity index (χ0v) is 11.0. The van der Waals surface area contributed by atoms with E-state index in [4.69, 9.17) is 4.74 Å². The van der Waals surface area contributed by atoms with E-state index in [9.17, 15) is 9.50 Å². The van der Waals surface area contributed by atoms with Gasteiger partial charge in [-0.2, -0.15) is 0 Å². The quantitative estimate of drug-likeness (QED) is 0.889. The van der Waals surface area contributed by atoms with Crippen molar-refractivity contribution in [2.75, 3.05) is 7.11 Å². The molecule has 1 aliphatic rings. The molecule has 3 unspecified atom stereocenters. The molecule has 0 bridgehead atoms. The Balaban J connectivity index is 2.15. The highest BCUT2D eigenvalue weighted by molar-refractivity contribution is 5.30. The Hall–Kier alpha value is -1.09. The van der Waals surface area contributed by atoms with Gasteiger partial charge >= 0.3 is 0 Å². The second-order valence-electron chi connectivity index (χ2n) is 5.36. The van der Waals surface area contributed by atoms with E-state index in [-0.39, 0.29) is 11.7 Å². The summed E-state index contributed by atoms with van der Waals surface area (Å²) in [6, 6.07) is 4.68. The van der Waals surface area contributed by atoms with E-state index < -0.39 is 6.10 Å². The normalized spacial score (nSPS) is 25.8. The Morgan fingerprint density at radius 1 is 1.39 bits per heavy atom. The maximum absolute atomic E-state index is 13.9. The summed E-state index contributed by atoms with van der Waals surface area (Å²) in [4.78, 5) is 0. The molecule has 2 rings (SSSR count). The van der Waals surface area contributed by atoms with E-state index in [0.29, 0.717) is 17.2 Å². The molecule has 100 valence electrons. The summed E-state index contributed by atoms with van der Waals surface area (Å²) in [6.45, 7) is 2.20. The van der Waals surface area contributed by atoms with Crippen molar-refractivity contribution in [1.82, 2.24) is 0 Å². The van der Waals surface area contributed by atoms with Gasteiger partial charge in [0.05, 0.1) is 13.2 Å². The summed E-state index contributed by atoms with van der Waals surface area (Å²) in [5.74, 6) is 0.914. The Labute approximate surface area is 108 Å². The van der Waals surface area contributed by atoms with Crippen molar-refractivity contribution < 1.29 is 14.2 Å². The van der Waals surface area contributed by atoms with Crippen LogP contribution in [0.5, 0.6) is 5.75 Å². The SMILES string of the molecule is COc1ccc(C(O)C2CCCC(C)C2)c(F)c1. The first-order chi connectivity index (χ1) is 8.61. The Kier molecular flexibility index (Phi) is 4.23. The molecule has 0 aromatic heterocycles. The van der Waals surface area contributed by atoms with Crippen molar-refractivity contribution >= 4 is 0 Å². The molecule has 1 N–H and O–H groups in total. The summed E-state index contributed by atoms with van der Waals surface area (Å²) < 4.78 is 18.9. The molecule has 2 nitrogen and oxygen atoms in total. The molecule has 1 saturated carbocycles. The van der Waals surface area contributed by atoms with E-state index >= 15 is 0 Å². The van der Waals surface area contributed by atoms with Crippen LogP contribution in [0.4, 0.5) is 4.39 Å². The summed E-state index contributed by atoms with van der Waals surface area (Å²) in [5, 5.41) is 10.3. The summed E-state index contributed by atoms with van der Waals surface area (Å²) >= 11 is 0. The third kappa shape index (κ3) is 2.83. The average molecular weight is 252 g/mol. The summed E-state index contributed by atoms with van der Waals surface area (Å²) in [6.07, 6.45) is 3.61. The van der Waals surface area contributed by atoms with Crippen LogP contribution in [0.2, 0.25) is 0 Å². The van der Waals surface area contributed by atoms with Crippen LogP contribution in [0.25, 0.3) is 0 Å². The predicted octanol–water partition coefficient (Wildman–Crippen LogP) is 3.69. The number of hydrogen-bond donors (Lipinski definition) is 1. The minimum atomic E-state index is -0.696. The van der Waals surface area contributed by atoms with Gasteiger partial charge in [-0.25, -0.2) is 4.39 Å². The molecule has 0 heterocycles. The Morgan fingerprint density at radius 3 is 2.78 bits per heavy atom. The van der Waals surface area contributed by atoms with Gasteiger partial charge in [0.1, 0.15) is 11.6 Å². The highest BCUT2D eigenvalue weighted by atomic mass is 19.1. The second kappa shape index (κ2) is 5.70. The van der Waals surface area contributed by atoms with Gasteiger partial charge in [0.25, 0.3) is 0 Å². The average Bonchev–Trinajstić information content (AvgIpc) is 2.37. The maximum atomic E-state index is 13.9. The first-order valence-electron chi connectivity index (χ1n) is 6.63. The van der Waals surface area contributed by atoms with Crippen LogP contribution >= 0.6 is 0 Å². The number of halogens is 1. The van der Waals surface area contributed by atoms with E-state index in [0.717, 1.165) is 19.3 Å². The van der Waals surface area contributed by atoms with Crippen LogP contribution in [0.15, 0.2) is 18.2 Å². The van der Waals surface area contributed by atoms with E-state index in [1.54, 1.807) is 12.1 Å². The van der Waals surface area contributed by atoms with Crippen molar-refractivity contribution in [3.05, 3.63) is 29.6 Å². The lowest BCUT2D eigenvalue weighted by Gasteiger charge is -2.30. The minimum Gasteiger partial charge on any atom is -0.497 e. The lowest BCUT2D eigenvalue weighted by molar-refractivity contribution is 0.0684. The molecule has 0 spiro atoms. The van der Waals surface area contributed by atoms with Gasteiger partial charge in [0.2, 0.25) is 0 Å². The second-order valence-corrected chi connectivity index (χ2v) is 5.36. The fourth-order valence-corrected chi connectivity index (χ4v) is 2.90. The van der Waals surface area contributed by atoms with Gasteiger partial charge in [-0.05, 0) is 36.8 Å². The number of rotatable bonds is 3. The third-order valence-electron chi connectivity index (χ3n) is 3.95. The van der Waals surface area contributed by atoms with Gasteiger partial charge in [0, 0.05) is 11.6 Å². The van der Waals surface area contributed by atoms with Crippen molar-refractivity contribution in [3.8, 4) is 5.75 Å². The molecule has 0 saturated heterocycles.